The summed E-state index contributed by atoms with van der Waals surface area (Å²) >= 11 is 0. The smallest absolute Gasteiger partial charge is 0.309 e. The fourth-order valence-electron chi connectivity index (χ4n) is 0.890. The van der Waals surface area contributed by atoms with E-state index >= 15 is 0 Å². The van der Waals surface area contributed by atoms with Crippen LogP contribution in [0, 0.1) is 0 Å². The molecule has 0 bridgehead atoms. The largest absolute Gasteiger partial charge is 0.462 e. The minimum absolute atomic E-state index is 0.0783. The van der Waals surface area contributed by atoms with Crippen molar-refractivity contribution in [1.29, 1.82) is 0 Å². The molecule has 0 saturated carbocycles. The zero-order chi connectivity index (χ0) is 9.90. The molecular formula is C7H9FO4S. The summed E-state index contributed by atoms with van der Waals surface area (Å²) in [6.07, 6.45) is 0. The summed E-state index contributed by atoms with van der Waals surface area (Å²) in [5.74, 6) is -0.174. The molecule has 74 valence electrons. The van der Waals surface area contributed by atoms with E-state index in [1.54, 1.807) is 6.07 Å². The first kappa shape index (κ1) is 10.2. The highest BCUT2D eigenvalue weighted by Crippen LogP contribution is 2.12. The van der Waals surface area contributed by atoms with E-state index in [4.69, 9.17) is 9.15 Å². The maximum atomic E-state index is 12.2. The zero-order valence-corrected chi connectivity index (χ0v) is 7.80. The number of rotatable bonds is 4. The second-order valence-electron chi connectivity index (χ2n) is 2.48. The number of halogens is 1. The molecule has 1 rings (SSSR count). The van der Waals surface area contributed by atoms with Crippen LogP contribution in [0.25, 0.3) is 0 Å². The van der Waals surface area contributed by atoms with Gasteiger partial charge in [0.15, 0.2) is 0 Å². The quantitative estimate of drug-likeness (QED) is 0.698. The molecule has 1 aromatic rings. The molecule has 13 heavy (non-hydrogen) atoms. The summed E-state index contributed by atoms with van der Waals surface area (Å²) < 4.78 is 42.3. The Labute approximate surface area is 75.5 Å². The van der Waals surface area contributed by atoms with Crippen molar-refractivity contribution < 1.29 is 21.5 Å². The molecule has 0 amide bonds. The van der Waals surface area contributed by atoms with E-state index in [1.807, 2.05) is 0 Å². The lowest BCUT2D eigenvalue weighted by Crippen LogP contribution is -1.94. The number of ether oxygens (including phenoxy) is 1. The van der Waals surface area contributed by atoms with Crippen molar-refractivity contribution in [1.82, 2.24) is 0 Å². The molecule has 0 N–H and O–H groups in total. The molecule has 1 aromatic heterocycles. The predicted octanol–water partition coefficient (Wildman–Crippen LogP) is 1.23. The fourth-order valence-corrected chi connectivity index (χ4v) is 1.38. The van der Waals surface area contributed by atoms with E-state index in [0.717, 1.165) is 0 Å². The summed E-state index contributed by atoms with van der Waals surface area (Å²) in [5.41, 5.74) is 0. The van der Waals surface area contributed by atoms with Crippen LogP contribution in [0.5, 0.6) is 0 Å². The first-order valence-electron chi connectivity index (χ1n) is 3.50. The Kier molecular flexibility index (Phi) is 3.05. The fraction of sp³-hybridized carbons (Fsp3) is 0.429. The third-order valence-electron chi connectivity index (χ3n) is 1.32. The molecule has 0 fully saturated rings. The van der Waals surface area contributed by atoms with Crippen LogP contribution in [-0.4, -0.2) is 15.5 Å². The second-order valence-corrected chi connectivity index (χ2v) is 3.85. The van der Waals surface area contributed by atoms with Crippen LogP contribution in [-0.2, 0) is 27.3 Å². The molecule has 0 spiro atoms. The average molecular weight is 208 g/mol. The summed E-state index contributed by atoms with van der Waals surface area (Å²) in [4.78, 5) is 0. The standard InChI is InChI=1S/C7H9FO4S/c1-11-4-6-2-3-7(12-6)5-13(8,9)10/h2-3H,4-5H2,1H3. The van der Waals surface area contributed by atoms with Gasteiger partial charge in [0, 0.05) is 7.11 Å². The SMILES string of the molecule is COCc1ccc(CS(=O)(=O)F)o1. The van der Waals surface area contributed by atoms with Gasteiger partial charge in [-0.2, -0.15) is 8.42 Å². The summed E-state index contributed by atoms with van der Waals surface area (Å²) in [5, 5.41) is 0. The Morgan fingerprint density at radius 3 is 2.62 bits per heavy atom. The second kappa shape index (κ2) is 3.89. The van der Waals surface area contributed by atoms with Crippen molar-refractivity contribution in [2.75, 3.05) is 7.11 Å². The normalized spacial score (nSPS) is 11.8. The van der Waals surface area contributed by atoms with Crippen molar-refractivity contribution in [3.8, 4) is 0 Å². The first-order valence-corrected chi connectivity index (χ1v) is 5.05. The van der Waals surface area contributed by atoms with Gasteiger partial charge in [-0.1, -0.05) is 0 Å². The van der Waals surface area contributed by atoms with Gasteiger partial charge in [-0.05, 0) is 12.1 Å². The van der Waals surface area contributed by atoms with Crippen molar-refractivity contribution in [3.63, 3.8) is 0 Å². The topological polar surface area (TPSA) is 56.5 Å². The van der Waals surface area contributed by atoms with Gasteiger partial charge in [0.25, 0.3) is 0 Å². The lowest BCUT2D eigenvalue weighted by atomic mass is 10.4. The van der Waals surface area contributed by atoms with Gasteiger partial charge in [-0.3, -0.25) is 0 Å². The summed E-state index contributed by atoms with van der Waals surface area (Å²) in [7, 11) is -3.03. The minimum Gasteiger partial charge on any atom is -0.462 e. The molecule has 0 atom stereocenters. The Morgan fingerprint density at radius 2 is 2.08 bits per heavy atom. The van der Waals surface area contributed by atoms with Crippen LogP contribution in [0.4, 0.5) is 3.89 Å². The minimum atomic E-state index is -4.51. The maximum absolute atomic E-state index is 12.2. The van der Waals surface area contributed by atoms with Gasteiger partial charge in [-0.25, -0.2) is 0 Å². The highest BCUT2D eigenvalue weighted by atomic mass is 32.3. The Balaban J connectivity index is 2.69. The molecular weight excluding hydrogens is 199 g/mol. The average Bonchev–Trinajstić information content (AvgIpc) is 2.33. The van der Waals surface area contributed by atoms with Crippen molar-refractivity contribution >= 4 is 10.2 Å². The van der Waals surface area contributed by atoms with Crippen LogP contribution >= 0.6 is 0 Å². The zero-order valence-electron chi connectivity index (χ0n) is 6.99. The van der Waals surface area contributed by atoms with Crippen molar-refractivity contribution in [2.45, 2.75) is 12.4 Å². The lowest BCUT2D eigenvalue weighted by Gasteiger charge is -1.93. The molecule has 4 nitrogen and oxygen atoms in total. The van der Waals surface area contributed by atoms with E-state index < -0.39 is 16.0 Å². The van der Waals surface area contributed by atoms with Crippen LogP contribution < -0.4 is 0 Å². The Hall–Kier alpha value is -0.880. The summed E-state index contributed by atoms with van der Waals surface area (Å²) in [6, 6.07) is 2.95. The van der Waals surface area contributed by atoms with Gasteiger partial charge in [0.2, 0.25) is 0 Å². The van der Waals surface area contributed by atoms with Crippen LogP contribution in [0.2, 0.25) is 0 Å². The van der Waals surface area contributed by atoms with E-state index in [1.165, 1.54) is 13.2 Å². The van der Waals surface area contributed by atoms with Crippen LogP contribution in [0.15, 0.2) is 16.5 Å². The highest BCUT2D eigenvalue weighted by molar-refractivity contribution is 7.85. The van der Waals surface area contributed by atoms with Crippen molar-refractivity contribution in [2.24, 2.45) is 0 Å². The first-order chi connectivity index (χ1) is 6.01. The van der Waals surface area contributed by atoms with Gasteiger partial charge >= 0.3 is 10.2 Å². The third kappa shape index (κ3) is 3.56. The number of furan rings is 1. The van der Waals surface area contributed by atoms with Gasteiger partial charge in [0.1, 0.15) is 23.9 Å². The molecule has 6 heteroatoms. The number of hydrogen-bond donors (Lipinski definition) is 0. The number of hydrogen-bond acceptors (Lipinski definition) is 4. The molecule has 0 aliphatic carbocycles. The van der Waals surface area contributed by atoms with Gasteiger partial charge in [-0.15, -0.1) is 3.89 Å². The van der Waals surface area contributed by atoms with E-state index in [-0.39, 0.29) is 12.4 Å². The monoisotopic (exact) mass is 208 g/mol. The lowest BCUT2D eigenvalue weighted by molar-refractivity contribution is 0.163. The molecule has 0 saturated heterocycles. The van der Waals surface area contributed by atoms with E-state index in [2.05, 4.69) is 0 Å². The molecule has 1 heterocycles. The highest BCUT2D eigenvalue weighted by Gasteiger charge is 2.12. The molecule has 0 aliphatic rings. The molecule has 0 radical (unpaired) electrons. The summed E-state index contributed by atoms with van der Waals surface area (Å²) in [6.45, 7) is 0.242. The maximum Gasteiger partial charge on any atom is 0.309 e. The Morgan fingerprint density at radius 1 is 1.46 bits per heavy atom. The molecule has 0 aliphatic heterocycles. The Bertz CT molecular complexity index is 368. The van der Waals surface area contributed by atoms with Crippen LogP contribution in [0.3, 0.4) is 0 Å². The van der Waals surface area contributed by atoms with E-state index in [9.17, 15) is 12.3 Å². The van der Waals surface area contributed by atoms with E-state index in [0.29, 0.717) is 5.76 Å². The van der Waals surface area contributed by atoms with Crippen LogP contribution in [0.1, 0.15) is 11.5 Å². The molecule has 0 aromatic carbocycles. The molecule has 0 unspecified atom stereocenters. The van der Waals surface area contributed by atoms with Crippen molar-refractivity contribution in [3.05, 3.63) is 23.7 Å². The van der Waals surface area contributed by atoms with Gasteiger partial charge < -0.3 is 9.15 Å². The number of methoxy groups -OCH3 is 1. The predicted molar refractivity (Wildman–Crippen MR) is 43.2 cm³/mol. The van der Waals surface area contributed by atoms with Gasteiger partial charge in [0.05, 0.1) is 0 Å². The third-order valence-corrected chi connectivity index (χ3v) is 1.95.